The lowest BCUT2D eigenvalue weighted by atomic mass is 9.90. The topological polar surface area (TPSA) is 42.3 Å². The average Bonchev–Trinajstić information content (AvgIpc) is 2.89. The molecule has 19 heavy (non-hydrogen) atoms. The molecule has 1 aromatic heterocycles. The van der Waals surface area contributed by atoms with Gasteiger partial charge >= 0.3 is 0 Å². The lowest BCUT2D eigenvalue weighted by molar-refractivity contribution is 0.162. The minimum atomic E-state index is 0.270. The lowest BCUT2D eigenvalue weighted by Gasteiger charge is -2.40. The lowest BCUT2D eigenvalue weighted by Crippen LogP contribution is -2.50. The average molecular weight is 266 g/mol. The Labute approximate surface area is 116 Å². The van der Waals surface area contributed by atoms with Crippen molar-refractivity contribution < 1.29 is 4.74 Å². The zero-order valence-corrected chi connectivity index (χ0v) is 12.5. The van der Waals surface area contributed by atoms with Crippen LogP contribution in [0.1, 0.15) is 32.7 Å². The number of piperidine rings is 1. The van der Waals surface area contributed by atoms with Crippen molar-refractivity contribution in [2.75, 3.05) is 38.8 Å². The van der Waals surface area contributed by atoms with E-state index in [4.69, 9.17) is 4.74 Å². The van der Waals surface area contributed by atoms with E-state index >= 15 is 0 Å². The Kier molecular flexibility index (Phi) is 4.47. The Morgan fingerprint density at radius 2 is 2.16 bits per heavy atom. The smallest absolute Gasteiger partial charge is 0.205 e. The first-order valence-corrected chi connectivity index (χ1v) is 7.05. The zero-order chi connectivity index (χ0) is 13.9. The molecule has 2 heterocycles. The maximum Gasteiger partial charge on any atom is 0.205 e. The first-order valence-electron chi connectivity index (χ1n) is 7.05. The van der Waals surface area contributed by atoms with Crippen molar-refractivity contribution in [3.63, 3.8) is 0 Å². The maximum absolute atomic E-state index is 5.24. The van der Waals surface area contributed by atoms with Gasteiger partial charge in [0.05, 0.1) is 12.6 Å². The van der Waals surface area contributed by atoms with Gasteiger partial charge in [-0.2, -0.15) is 0 Å². The largest absolute Gasteiger partial charge is 0.383 e. The van der Waals surface area contributed by atoms with Gasteiger partial charge in [0.2, 0.25) is 5.95 Å². The Morgan fingerprint density at radius 1 is 1.47 bits per heavy atom. The number of ether oxygens (including phenoxy) is 1. The summed E-state index contributed by atoms with van der Waals surface area (Å²) in [5.41, 5.74) is 0.270. The Morgan fingerprint density at radius 3 is 2.74 bits per heavy atom. The molecular weight excluding hydrogens is 240 g/mol. The van der Waals surface area contributed by atoms with Crippen molar-refractivity contribution in [2.24, 2.45) is 0 Å². The van der Waals surface area contributed by atoms with Crippen LogP contribution in [0.25, 0.3) is 0 Å². The van der Waals surface area contributed by atoms with E-state index in [1.807, 2.05) is 12.4 Å². The second kappa shape index (κ2) is 5.92. The molecule has 5 heteroatoms. The Balaban J connectivity index is 2.06. The highest BCUT2D eigenvalue weighted by atomic mass is 16.5. The summed E-state index contributed by atoms with van der Waals surface area (Å²) in [5, 5.41) is 3.43. The molecule has 1 N–H and O–H groups in total. The number of hydrogen-bond acceptors (Lipinski definition) is 4. The summed E-state index contributed by atoms with van der Waals surface area (Å²) >= 11 is 0. The van der Waals surface area contributed by atoms with Crippen molar-refractivity contribution in [1.29, 1.82) is 0 Å². The SMILES string of the molecule is CNC1(C)CCN(c2nccn2C(C)COC)CC1. The fourth-order valence-electron chi connectivity index (χ4n) is 2.67. The molecule has 1 aliphatic heterocycles. The molecule has 0 saturated carbocycles. The molecule has 2 rings (SSSR count). The molecule has 0 amide bonds. The monoisotopic (exact) mass is 266 g/mol. The van der Waals surface area contributed by atoms with Crippen LogP contribution in [-0.2, 0) is 4.74 Å². The Hall–Kier alpha value is -1.07. The molecule has 1 aliphatic rings. The van der Waals surface area contributed by atoms with Gasteiger partial charge in [0.15, 0.2) is 0 Å². The van der Waals surface area contributed by atoms with Crippen LogP contribution in [0.2, 0.25) is 0 Å². The number of nitrogens with one attached hydrogen (secondary N) is 1. The van der Waals surface area contributed by atoms with Gasteiger partial charge in [0.25, 0.3) is 0 Å². The quantitative estimate of drug-likeness (QED) is 0.880. The second-order valence-electron chi connectivity index (χ2n) is 5.74. The molecule has 1 saturated heterocycles. The van der Waals surface area contributed by atoms with Crippen LogP contribution in [0.3, 0.4) is 0 Å². The summed E-state index contributed by atoms with van der Waals surface area (Å²) in [5.74, 6) is 1.07. The molecule has 0 radical (unpaired) electrons. The predicted octanol–water partition coefficient (Wildman–Crippen LogP) is 1.67. The van der Waals surface area contributed by atoms with Gasteiger partial charge < -0.3 is 19.5 Å². The molecule has 0 spiro atoms. The molecule has 1 aromatic rings. The van der Waals surface area contributed by atoms with Crippen molar-refractivity contribution >= 4 is 5.95 Å². The van der Waals surface area contributed by atoms with E-state index in [1.165, 1.54) is 0 Å². The van der Waals surface area contributed by atoms with Crippen LogP contribution >= 0.6 is 0 Å². The fourth-order valence-corrected chi connectivity index (χ4v) is 2.67. The van der Waals surface area contributed by atoms with Crippen LogP contribution in [0.5, 0.6) is 0 Å². The van der Waals surface area contributed by atoms with Crippen LogP contribution in [-0.4, -0.2) is 48.9 Å². The maximum atomic E-state index is 5.24. The number of aromatic nitrogens is 2. The minimum Gasteiger partial charge on any atom is -0.383 e. The molecular formula is C14H26N4O. The normalized spacial score (nSPS) is 20.5. The van der Waals surface area contributed by atoms with E-state index in [2.05, 4.69) is 40.7 Å². The van der Waals surface area contributed by atoms with Crippen molar-refractivity contribution in [1.82, 2.24) is 14.9 Å². The molecule has 0 aliphatic carbocycles. The summed E-state index contributed by atoms with van der Waals surface area (Å²) in [7, 11) is 3.80. The number of nitrogens with zero attached hydrogens (tertiary/aromatic N) is 3. The number of anilines is 1. The number of methoxy groups -OCH3 is 1. The second-order valence-corrected chi connectivity index (χ2v) is 5.74. The highest BCUT2D eigenvalue weighted by Gasteiger charge is 2.30. The van der Waals surface area contributed by atoms with E-state index in [0.717, 1.165) is 31.9 Å². The fraction of sp³-hybridized carbons (Fsp3) is 0.786. The first kappa shape index (κ1) is 14.3. The van der Waals surface area contributed by atoms with E-state index in [-0.39, 0.29) is 5.54 Å². The molecule has 0 bridgehead atoms. The Bertz CT molecular complexity index is 396. The van der Waals surface area contributed by atoms with Crippen molar-refractivity contribution in [2.45, 2.75) is 38.3 Å². The van der Waals surface area contributed by atoms with Gasteiger partial charge in [0.1, 0.15) is 0 Å². The van der Waals surface area contributed by atoms with E-state index in [9.17, 15) is 0 Å². The van der Waals surface area contributed by atoms with E-state index in [0.29, 0.717) is 12.6 Å². The third kappa shape index (κ3) is 3.09. The first-order chi connectivity index (χ1) is 9.09. The predicted molar refractivity (Wildman–Crippen MR) is 77.7 cm³/mol. The highest BCUT2D eigenvalue weighted by molar-refractivity contribution is 5.33. The van der Waals surface area contributed by atoms with Gasteiger partial charge in [-0.25, -0.2) is 4.98 Å². The van der Waals surface area contributed by atoms with Gasteiger partial charge in [-0.15, -0.1) is 0 Å². The summed E-state index contributed by atoms with van der Waals surface area (Å²) in [6.07, 6.45) is 6.22. The summed E-state index contributed by atoms with van der Waals surface area (Å²) in [4.78, 5) is 6.91. The van der Waals surface area contributed by atoms with E-state index in [1.54, 1.807) is 7.11 Å². The molecule has 108 valence electrons. The standard InChI is InChI=1S/C14H26N4O/c1-12(11-19-4)18-10-7-16-13(18)17-8-5-14(2,15-3)6-9-17/h7,10,12,15H,5-6,8-9,11H2,1-4H3. The molecule has 1 unspecified atom stereocenters. The third-order valence-electron chi connectivity index (χ3n) is 4.28. The summed E-state index contributed by atoms with van der Waals surface area (Å²) in [6.45, 7) is 7.27. The molecule has 1 atom stereocenters. The minimum absolute atomic E-state index is 0.270. The van der Waals surface area contributed by atoms with Gasteiger partial charge in [-0.3, -0.25) is 0 Å². The molecule has 1 fully saturated rings. The molecule has 0 aromatic carbocycles. The highest BCUT2D eigenvalue weighted by Crippen LogP contribution is 2.26. The molecule has 5 nitrogen and oxygen atoms in total. The zero-order valence-electron chi connectivity index (χ0n) is 12.5. The van der Waals surface area contributed by atoms with Crippen molar-refractivity contribution in [3.05, 3.63) is 12.4 Å². The van der Waals surface area contributed by atoms with Crippen LogP contribution in [0.15, 0.2) is 12.4 Å². The third-order valence-corrected chi connectivity index (χ3v) is 4.28. The number of rotatable bonds is 5. The number of hydrogen-bond donors (Lipinski definition) is 1. The van der Waals surface area contributed by atoms with Crippen molar-refractivity contribution in [3.8, 4) is 0 Å². The number of imidazole rings is 1. The van der Waals surface area contributed by atoms with Crippen LogP contribution in [0.4, 0.5) is 5.95 Å². The van der Waals surface area contributed by atoms with E-state index < -0.39 is 0 Å². The van der Waals surface area contributed by atoms with Gasteiger partial charge in [-0.1, -0.05) is 0 Å². The summed E-state index contributed by atoms with van der Waals surface area (Å²) in [6, 6.07) is 0.320. The van der Waals surface area contributed by atoms with Gasteiger partial charge in [0, 0.05) is 38.1 Å². The van der Waals surface area contributed by atoms with Gasteiger partial charge in [-0.05, 0) is 33.7 Å². The van der Waals surface area contributed by atoms with Crippen LogP contribution in [0, 0.1) is 0 Å². The van der Waals surface area contributed by atoms with Crippen LogP contribution < -0.4 is 10.2 Å². The summed E-state index contributed by atoms with van der Waals surface area (Å²) < 4.78 is 7.46.